The summed E-state index contributed by atoms with van der Waals surface area (Å²) in [7, 11) is 0. The summed E-state index contributed by atoms with van der Waals surface area (Å²) in [4.78, 5) is 12.4. The number of ether oxygens (including phenoxy) is 3. The molecule has 2 unspecified atom stereocenters. The number of rotatable bonds is 6. The molecule has 3 aliphatic rings. The second-order valence-corrected chi connectivity index (χ2v) is 6.24. The molecule has 1 aliphatic heterocycles. The summed E-state index contributed by atoms with van der Waals surface area (Å²) in [5.41, 5.74) is -0.523. The van der Waals surface area contributed by atoms with Crippen LogP contribution in [0.25, 0.3) is 0 Å². The zero-order valence-corrected chi connectivity index (χ0v) is 12.2. The van der Waals surface area contributed by atoms with Crippen molar-refractivity contribution in [3.8, 4) is 0 Å². The van der Waals surface area contributed by atoms with Crippen molar-refractivity contribution in [1.82, 2.24) is 5.32 Å². The minimum Gasteiger partial charge on any atom is -0.465 e. The minimum atomic E-state index is -0.523. The van der Waals surface area contributed by atoms with E-state index in [1.165, 1.54) is 12.8 Å². The van der Waals surface area contributed by atoms with Crippen LogP contribution in [0, 0.1) is 0 Å². The number of carbonyl (C=O) groups excluding carboxylic acids is 1. The van der Waals surface area contributed by atoms with Gasteiger partial charge in [0.15, 0.2) is 0 Å². The fourth-order valence-corrected chi connectivity index (χ4v) is 3.17. The number of hydrogen-bond donors (Lipinski definition) is 1. The fraction of sp³-hybridized carbons (Fsp3) is 0.933. The summed E-state index contributed by atoms with van der Waals surface area (Å²) in [5, 5.41) is 3.54. The van der Waals surface area contributed by atoms with Crippen LogP contribution in [0.2, 0.25) is 0 Å². The Balaban J connectivity index is 1.64. The first-order valence-electron chi connectivity index (χ1n) is 7.90. The molecule has 0 radical (unpaired) electrons. The lowest BCUT2D eigenvalue weighted by Crippen LogP contribution is -2.58. The number of carbonyl (C=O) groups is 1. The fourth-order valence-electron chi connectivity index (χ4n) is 3.17. The molecule has 0 amide bonds. The highest BCUT2D eigenvalue weighted by molar-refractivity contribution is 5.81. The van der Waals surface area contributed by atoms with Gasteiger partial charge in [0.1, 0.15) is 11.6 Å². The molecule has 0 aromatic rings. The third kappa shape index (κ3) is 3.15. The van der Waals surface area contributed by atoms with Gasteiger partial charge >= 0.3 is 5.97 Å². The second kappa shape index (κ2) is 6.00. The van der Waals surface area contributed by atoms with Gasteiger partial charge in [0, 0.05) is 12.5 Å². The summed E-state index contributed by atoms with van der Waals surface area (Å²) in [6.07, 6.45) is 6.35. The summed E-state index contributed by atoms with van der Waals surface area (Å²) in [5.74, 6) is -0.0925. The van der Waals surface area contributed by atoms with Crippen LogP contribution < -0.4 is 5.32 Å². The highest BCUT2D eigenvalue weighted by atomic mass is 16.6. The van der Waals surface area contributed by atoms with Gasteiger partial charge in [-0.15, -0.1) is 0 Å². The van der Waals surface area contributed by atoms with E-state index in [4.69, 9.17) is 14.2 Å². The molecule has 3 fully saturated rings. The predicted molar refractivity (Wildman–Crippen MR) is 73.5 cm³/mol. The van der Waals surface area contributed by atoms with Crippen molar-refractivity contribution in [2.45, 2.75) is 69.2 Å². The summed E-state index contributed by atoms with van der Waals surface area (Å²) in [6, 6.07) is 0.491. The lowest BCUT2D eigenvalue weighted by Gasteiger charge is -2.41. The Labute approximate surface area is 120 Å². The monoisotopic (exact) mass is 283 g/mol. The Morgan fingerprint density at radius 1 is 1.30 bits per heavy atom. The quantitative estimate of drug-likeness (QED) is 0.747. The van der Waals surface area contributed by atoms with Crippen LogP contribution in [0.1, 0.15) is 45.4 Å². The van der Waals surface area contributed by atoms with Crippen molar-refractivity contribution in [3.63, 3.8) is 0 Å². The standard InChI is InChI=1S/C15H25NO4/c1-2-19-14(17)15(16-11-5-6-11)7-3-4-12(8-15)20-13-9-18-10-13/h11-13,16H,2-10H2,1H3. The SMILES string of the molecule is CCOC(=O)C1(NC2CC2)CCCC(OC2COC2)C1. The summed E-state index contributed by atoms with van der Waals surface area (Å²) in [6.45, 7) is 3.69. The Kier molecular flexibility index (Phi) is 4.29. The molecule has 114 valence electrons. The van der Waals surface area contributed by atoms with Crippen LogP contribution >= 0.6 is 0 Å². The zero-order chi connectivity index (χ0) is 14.0. The maximum absolute atomic E-state index is 12.4. The molecule has 2 aliphatic carbocycles. The molecule has 1 N–H and O–H groups in total. The highest BCUT2D eigenvalue weighted by Gasteiger charge is 2.47. The van der Waals surface area contributed by atoms with Crippen LogP contribution in [0.15, 0.2) is 0 Å². The first-order valence-corrected chi connectivity index (χ1v) is 7.90. The lowest BCUT2D eigenvalue weighted by molar-refractivity contribution is -0.174. The second-order valence-electron chi connectivity index (χ2n) is 6.24. The van der Waals surface area contributed by atoms with E-state index in [2.05, 4.69) is 5.32 Å². The minimum absolute atomic E-state index is 0.0925. The van der Waals surface area contributed by atoms with Gasteiger partial charge in [-0.05, 0) is 39.0 Å². The molecule has 3 rings (SSSR count). The molecule has 20 heavy (non-hydrogen) atoms. The van der Waals surface area contributed by atoms with Crippen molar-refractivity contribution < 1.29 is 19.0 Å². The van der Waals surface area contributed by atoms with Gasteiger partial charge in [0.25, 0.3) is 0 Å². The molecule has 5 heteroatoms. The number of nitrogens with one attached hydrogen (secondary N) is 1. The molecule has 2 saturated carbocycles. The molecule has 1 heterocycles. The van der Waals surface area contributed by atoms with Crippen LogP contribution in [0.5, 0.6) is 0 Å². The van der Waals surface area contributed by atoms with Crippen molar-refractivity contribution in [3.05, 3.63) is 0 Å². The Morgan fingerprint density at radius 2 is 2.10 bits per heavy atom. The van der Waals surface area contributed by atoms with E-state index in [9.17, 15) is 4.79 Å². The Morgan fingerprint density at radius 3 is 2.70 bits per heavy atom. The van der Waals surface area contributed by atoms with Gasteiger partial charge in [-0.3, -0.25) is 10.1 Å². The van der Waals surface area contributed by atoms with Gasteiger partial charge in [-0.2, -0.15) is 0 Å². The van der Waals surface area contributed by atoms with E-state index >= 15 is 0 Å². The molecular formula is C15H25NO4. The average Bonchev–Trinajstić information content (AvgIpc) is 3.18. The van der Waals surface area contributed by atoms with E-state index in [1.807, 2.05) is 6.92 Å². The van der Waals surface area contributed by atoms with Crippen molar-refractivity contribution in [2.24, 2.45) is 0 Å². The van der Waals surface area contributed by atoms with E-state index in [-0.39, 0.29) is 18.2 Å². The zero-order valence-electron chi connectivity index (χ0n) is 12.2. The van der Waals surface area contributed by atoms with Gasteiger partial charge in [0.05, 0.1) is 25.9 Å². The van der Waals surface area contributed by atoms with E-state index in [0.29, 0.717) is 25.9 Å². The Bertz CT molecular complexity index is 354. The maximum Gasteiger partial charge on any atom is 0.326 e. The first-order chi connectivity index (χ1) is 9.72. The van der Waals surface area contributed by atoms with Crippen LogP contribution in [-0.4, -0.2) is 49.6 Å². The third-order valence-electron chi connectivity index (χ3n) is 4.42. The number of hydrogen-bond acceptors (Lipinski definition) is 5. The molecule has 0 aromatic heterocycles. The molecule has 5 nitrogen and oxygen atoms in total. The molecular weight excluding hydrogens is 258 g/mol. The third-order valence-corrected chi connectivity index (χ3v) is 4.42. The van der Waals surface area contributed by atoms with Gasteiger partial charge < -0.3 is 14.2 Å². The smallest absolute Gasteiger partial charge is 0.326 e. The first kappa shape index (κ1) is 14.3. The highest BCUT2D eigenvalue weighted by Crippen LogP contribution is 2.35. The molecule has 0 spiro atoms. The summed E-state index contributed by atoms with van der Waals surface area (Å²) < 4.78 is 16.5. The lowest BCUT2D eigenvalue weighted by atomic mass is 9.79. The maximum atomic E-state index is 12.4. The molecule has 1 saturated heterocycles. The molecule has 0 aromatic carbocycles. The molecule has 0 bridgehead atoms. The van der Waals surface area contributed by atoms with Crippen LogP contribution in [0.3, 0.4) is 0 Å². The van der Waals surface area contributed by atoms with Gasteiger partial charge in [-0.25, -0.2) is 0 Å². The van der Waals surface area contributed by atoms with Crippen molar-refractivity contribution >= 4 is 5.97 Å². The van der Waals surface area contributed by atoms with E-state index < -0.39 is 5.54 Å². The Hall–Kier alpha value is -0.650. The van der Waals surface area contributed by atoms with Crippen molar-refractivity contribution in [1.29, 1.82) is 0 Å². The normalized spacial score (nSPS) is 34.5. The summed E-state index contributed by atoms with van der Waals surface area (Å²) >= 11 is 0. The predicted octanol–water partition coefficient (Wildman–Crippen LogP) is 1.40. The van der Waals surface area contributed by atoms with Gasteiger partial charge in [-0.1, -0.05) is 0 Å². The van der Waals surface area contributed by atoms with Crippen LogP contribution in [0.4, 0.5) is 0 Å². The van der Waals surface area contributed by atoms with E-state index in [0.717, 1.165) is 25.7 Å². The van der Waals surface area contributed by atoms with Crippen LogP contribution in [-0.2, 0) is 19.0 Å². The van der Waals surface area contributed by atoms with Crippen molar-refractivity contribution in [2.75, 3.05) is 19.8 Å². The van der Waals surface area contributed by atoms with Gasteiger partial charge in [0.2, 0.25) is 0 Å². The average molecular weight is 283 g/mol. The topological polar surface area (TPSA) is 56.8 Å². The molecule has 2 atom stereocenters. The van der Waals surface area contributed by atoms with E-state index in [1.54, 1.807) is 0 Å². The largest absolute Gasteiger partial charge is 0.465 e. The number of esters is 1.